The molecular weight excluding hydrogens is 324 g/mol. The molecule has 2 nitrogen and oxygen atoms in total. The van der Waals surface area contributed by atoms with Gasteiger partial charge >= 0.3 is 0 Å². The number of halogens is 1. The van der Waals surface area contributed by atoms with E-state index < -0.39 is 0 Å². The summed E-state index contributed by atoms with van der Waals surface area (Å²) in [6.45, 7) is 4.47. The summed E-state index contributed by atoms with van der Waals surface area (Å²) in [4.78, 5) is 0.465. The Morgan fingerprint density at radius 3 is 2.71 bits per heavy atom. The summed E-state index contributed by atoms with van der Waals surface area (Å²) in [5.74, 6) is 0.618. The Hall–Kier alpha value is -1.09. The Morgan fingerprint density at radius 2 is 2.00 bits per heavy atom. The second-order valence-corrected chi connectivity index (χ2v) is 7.01. The summed E-state index contributed by atoms with van der Waals surface area (Å²) in [6.07, 6.45) is 6.65. The molecule has 0 amide bonds. The summed E-state index contributed by atoms with van der Waals surface area (Å²) >= 11 is 3.89. The molecule has 1 heterocycles. The van der Waals surface area contributed by atoms with Crippen molar-refractivity contribution in [2.75, 3.05) is 0 Å². The van der Waals surface area contributed by atoms with Crippen molar-refractivity contribution in [1.29, 1.82) is 0 Å². The number of fused-ring (bicyclic) bond motifs is 1. The van der Waals surface area contributed by atoms with Gasteiger partial charge in [0.15, 0.2) is 0 Å². The fourth-order valence-corrected chi connectivity index (χ4v) is 4.25. The average molecular weight is 347 g/mol. The number of alkyl halides is 1. The molecule has 0 saturated heterocycles. The third kappa shape index (κ3) is 2.94. The van der Waals surface area contributed by atoms with E-state index in [2.05, 4.69) is 71.0 Å². The maximum Gasteiger partial charge on any atom is 0.0628 e. The fourth-order valence-electron chi connectivity index (χ4n) is 3.43. The highest BCUT2D eigenvalue weighted by Crippen LogP contribution is 2.43. The highest BCUT2D eigenvalue weighted by Gasteiger charge is 2.30. The van der Waals surface area contributed by atoms with E-state index in [1.165, 1.54) is 16.8 Å². The summed E-state index contributed by atoms with van der Waals surface area (Å²) in [5, 5.41) is 4.81. The molecule has 1 aromatic heterocycles. The van der Waals surface area contributed by atoms with Crippen LogP contribution in [0, 0.1) is 5.92 Å². The van der Waals surface area contributed by atoms with Gasteiger partial charge in [0, 0.05) is 11.0 Å². The van der Waals surface area contributed by atoms with Gasteiger partial charge in [-0.2, -0.15) is 5.10 Å². The minimum Gasteiger partial charge on any atom is -0.269 e. The second kappa shape index (κ2) is 6.35. The summed E-state index contributed by atoms with van der Waals surface area (Å²) in [5.41, 5.74) is 4.18. The smallest absolute Gasteiger partial charge is 0.0628 e. The number of hydrogen-bond donors (Lipinski definition) is 0. The number of hydrogen-bond acceptors (Lipinski definition) is 1. The lowest BCUT2D eigenvalue weighted by atomic mass is 10.0. The van der Waals surface area contributed by atoms with Gasteiger partial charge in [0.05, 0.1) is 11.7 Å². The highest BCUT2D eigenvalue weighted by molar-refractivity contribution is 9.09. The van der Waals surface area contributed by atoms with Crippen LogP contribution in [-0.2, 0) is 12.8 Å². The van der Waals surface area contributed by atoms with Gasteiger partial charge in [0.2, 0.25) is 0 Å². The van der Waals surface area contributed by atoms with Crippen LogP contribution in [0.4, 0.5) is 0 Å². The molecule has 1 aliphatic carbocycles. The van der Waals surface area contributed by atoms with Crippen molar-refractivity contribution >= 4 is 15.9 Å². The molecule has 0 spiro atoms. The van der Waals surface area contributed by atoms with Crippen LogP contribution in [0.1, 0.15) is 54.4 Å². The molecule has 0 saturated carbocycles. The van der Waals surface area contributed by atoms with Crippen LogP contribution in [0.2, 0.25) is 0 Å². The van der Waals surface area contributed by atoms with E-state index in [9.17, 15) is 0 Å². The third-order valence-corrected chi connectivity index (χ3v) is 5.94. The van der Waals surface area contributed by atoms with Gasteiger partial charge in [-0.1, -0.05) is 54.0 Å². The Morgan fingerprint density at radius 1 is 1.24 bits per heavy atom. The largest absolute Gasteiger partial charge is 0.269 e. The predicted octanol–water partition coefficient (Wildman–Crippen LogP) is 5.10. The van der Waals surface area contributed by atoms with Crippen LogP contribution in [-0.4, -0.2) is 9.78 Å². The van der Waals surface area contributed by atoms with E-state index in [-0.39, 0.29) is 0 Å². The number of benzene rings is 1. The topological polar surface area (TPSA) is 17.8 Å². The monoisotopic (exact) mass is 346 g/mol. The molecular formula is C18H23BrN2. The van der Waals surface area contributed by atoms with Gasteiger partial charge in [-0.3, -0.25) is 4.68 Å². The summed E-state index contributed by atoms with van der Waals surface area (Å²) in [7, 11) is 0. The Bertz CT molecular complexity index is 601. The lowest BCUT2D eigenvalue weighted by Gasteiger charge is -2.14. The van der Waals surface area contributed by atoms with Crippen LogP contribution < -0.4 is 0 Å². The molecule has 1 aliphatic rings. The van der Waals surface area contributed by atoms with E-state index in [0.29, 0.717) is 16.8 Å². The second-order valence-electron chi connectivity index (χ2n) is 6.03. The van der Waals surface area contributed by atoms with E-state index in [4.69, 9.17) is 5.10 Å². The number of rotatable bonds is 5. The molecule has 0 fully saturated rings. The summed E-state index contributed by atoms with van der Waals surface area (Å²) < 4.78 is 2.15. The molecule has 3 heteroatoms. The minimum absolute atomic E-state index is 0.465. The first-order valence-corrected chi connectivity index (χ1v) is 8.90. The molecule has 112 valence electrons. The van der Waals surface area contributed by atoms with E-state index >= 15 is 0 Å². The normalized spacial score (nSPS) is 21.0. The Balaban J connectivity index is 1.71. The van der Waals surface area contributed by atoms with Gasteiger partial charge in [-0.05, 0) is 48.8 Å². The van der Waals surface area contributed by atoms with Gasteiger partial charge in [-0.25, -0.2) is 0 Å². The molecule has 3 rings (SSSR count). The number of nitrogens with zero attached hydrogens (tertiary/aromatic N) is 2. The molecule has 2 aromatic rings. The quantitative estimate of drug-likeness (QED) is 0.689. The molecule has 2 atom stereocenters. The summed E-state index contributed by atoms with van der Waals surface area (Å²) in [6, 6.07) is 11.5. The SMILES string of the molecule is CCC(CC)n1ccc(CC2Cc3ccccc3C2Br)n1. The third-order valence-electron chi connectivity index (χ3n) is 4.70. The van der Waals surface area contributed by atoms with Crippen LogP contribution in [0.3, 0.4) is 0 Å². The molecule has 2 unspecified atom stereocenters. The average Bonchev–Trinajstić information content (AvgIpc) is 3.08. The highest BCUT2D eigenvalue weighted by atomic mass is 79.9. The van der Waals surface area contributed by atoms with Crippen molar-refractivity contribution in [3.63, 3.8) is 0 Å². The van der Waals surface area contributed by atoms with Crippen LogP contribution >= 0.6 is 15.9 Å². The van der Waals surface area contributed by atoms with Crippen LogP contribution in [0.5, 0.6) is 0 Å². The zero-order chi connectivity index (χ0) is 14.8. The molecule has 0 aliphatic heterocycles. The molecule has 0 N–H and O–H groups in total. The standard InChI is InChI=1S/C18H23BrN2/c1-3-16(4-2)21-10-9-15(20-21)12-14-11-13-7-5-6-8-17(13)18(14)19/h5-10,14,16,18H,3-4,11-12H2,1-2H3. The maximum absolute atomic E-state index is 4.81. The predicted molar refractivity (Wildman–Crippen MR) is 90.9 cm³/mol. The zero-order valence-electron chi connectivity index (χ0n) is 12.8. The molecule has 21 heavy (non-hydrogen) atoms. The van der Waals surface area contributed by atoms with Crippen molar-refractivity contribution in [3.8, 4) is 0 Å². The van der Waals surface area contributed by atoms with Crippen molar-refractivity contribution in [3.05, 3.63) is 53.3 Å². The van der Waals surface area contributed by atoms with E-state index in [1.54, 1.807) is 0 Å². The number of aromatic nitrogens is 2. The molecule has 0 radical (unpaired) electrons. The van der Waals surface area contributed by atoms with Gasteiger partial charge < -0.3 is 0 Å². The van der Waals surface area contributed by atoms with Crippen molar-refractivity contribution in [1.82, 2.24) is 9.78 Å². The Labute approximate surface area is 135 Å². The first-order valence-electron chi connectivity index (χ1n) is 7.98. The van der Waals surface area contributed by atoms with Crippen LogP contribution in [0.15, 0.2) is 36.5 Å². The van der Waals surface area contributed by atoms with Crippen molar-refractivity contribution in [2.45, 2.75) is 50.4 Å². The lowest BCUT2D eigenvalue weighted by Crippen LogP contribution is -2.10. The molecule has 1 aromatic carbocycles. The van der Waals surface area contributed by atoms with Gasteiger partial charge in [0.25, 0.3) is 0 Å². The van der Waals surface area contributed by atoms with Crippen molar-refractivity contribution < 1.29 is 0 Å². The first-order chi connectivity index (χ1) is 10.2. The van der Waals surface area contributed by atoms with Gasteiger partial charge in [0.1, 0.15) is 0 Å². The molecule has 0 bridgehead atoms. The minimum atomic E-state index is 0.465. The van der Waals surface area contributed by atoms with E-state index in [0.717, 1.165) is 25.7 Å². The zero-order valence-corrected chi connectivity index (χ0v) is 14.4. The van der Waals surface area contributed by atoms with Crippen molar-refractivity contribution in [2.24, 2.45) is 5.92 Å². The van der Waals surface area contributed by atoms with Crippen LogP contribution in [0.25, 0.3) is 0 Å². The first kappa shape index (κ1) is 14.8. The lowest BCUT2D eigenvalue weighted by molar-refractivity contribution is 0.421. The van der Waals surface area contributed by atoms with Gasteiger partial charge in [-0.15, -0.1) is 0 Å². The maximum atomic E-state index is 4.81. The van der Waals surface area contributed by atoms with E-state index in [1.807, 2.05) is 0 Å². The Kier molecular flexibility index (Phi) is 4.48. The fraction of sp³-hybridized carbons (Fsp3) is 0.500.